The van der Waals surface area contributed by atoms with Gasteiger partial charge >= 0.3 is 21.1 Å². The zero-order chi connectivity index (χ0) is 14.3. The van der Waals surface area contributed by atoms with Crippen LogP contribution in [-0.2, 0) is 40.2 Å². The van der Waals surface area contributed by atoms with Gasteiger partial charge in [-0.3, -0.25) is 0 Å². The molecule has 12 nitrogen and oxygen atoms in total. The molecule has 0 rings (SSSR count). The summed E-state index contributed by atoms with van der Waals surface area (Å²) < 4.78 is 0. The SMILES string of the molecule is CC(=O)[O-].CC(=O)[O-].CC(=O)[O-].CC(=O)[O-].O.O.O.O.[Mo+4]. The number of hydrogen-bond acceptors (Lipinski definition) is 8. The summed E-state index contributed by atoms with van der Waals surface area (Å²) in [7, 11) is 0. The first-order chi connectivity index (χ1) is 6.93. The molecule has 0 amide bonds. The van der Waals surface area contributed by atoms with E-state index >= 15 is 0 Å². The van der Waals surface area contributed by atoms with Gasteiger partial charge in [-0.1, -0.05) is 0 Å². The molecule has 0 spiro atoms. The molecule has 0 aromatic heterocycles. The Kier molecular flexibility index (Phi) is 149. The molecular formula is C8H20MoO12. The molecule has 8 N–H and O–H groups in total. The van der Waals surface area contributed by atoms with E-state index in [0.29, 0.717) is 0 Å². The molecule has 130 valence electrons. The molecule has 0 aromatic rings. The largest absolute Gasteiger partial charge is 4.00 e. The van der Waals surface area contributed by atoms with Crippen molar-refractivity contribution in [3.63, 3.8) is 0 Å². The van der Waals surface area contributed by atoms with E-state index < -0.39 is 23.9 Å². The fourth-order valence-corrected chi connectivity index (χ4v) is 0. The van der Waals surface area contributed by atoms with E-state index in [1.807, 2.05) is 0 Å². The molecule has 0 radical (unpaired) electrons. The number of aliphatic carboxylic acids is 4. The number of carboxylic acids is 4. The van der Waals surface area contributed by atoms with Gasteiger partial charge in [0.25, 0.3) is 0 Å². The van der Waals surface area contributed by atoms with Crippen molar-refractivity contribution in [2.75, 3.05) is 0 Å². The third-order valence-electron chi connectivity index (χ3n) is 0. The Bertz CT molecular complexity index is 165. The predicted octanol–water partition coefficient (Wildman–Crippen LogP) is -8.28. The van der Waals surface area contributed by atoms with Crippen molar-refractivity contribution in [3.05, 3.63) is 0 Å². The maximum atomic E-state index is 8.89. The van der Waals surface area contributed by atoms with Gasteiger partial charge in [-0.2, -0.15) is 0 Å². The van der Waals surface area contributed by atoms with Gasteiger partial charge in [0.1, 0.15) is 0 Å². The number of rotatable bonds is 0. The van der Waals surface area contributed by atoms with Crippen molar-refractivity contribution in [2.45, 2.75) is 27.7 Å². The topological polar surface area (TPSA) is 287 Å². The molecule has 0 fully saturated rings. The third-order valence-corrected chi connectivity index (χ3v) is 0. The van der Waals surface area contributed by atoms with Crippen LogP contribution in [0.15, 0.2) is 0 Å². The number of hydrogen-bond donors (Lipinski definition) is 0. The maximum absolute atomic E-state index is 8.89. The van der Waals surface area contributed by atoms with Crippen molar-refractivity contribution in [3.8, 4) is 0 Å². The van der Waals surface area contributed by atoms with Gasteiger partial charge in [0, 0.05) is 23.9 Å². The van der Waals surface area contributed by atoms with E-state index in [1.54, 1.807) is 0 Å². The average Bonchev–Trinajstić information content (AvgIpc) is 1.76. The minimum Gasteiger partial charge on any atom is -0.550 e. The van der Waals surface area contributed by atoms with Crippen LogP contribution >= 0.6 is 0 Å². The van der Waals surface area contributed by atoms with E-state index in [9.17, 15) is 0 Å². The maximum Gasteiger partial charge on any atom is 4.00 e. The predicted molar refractivity (Wildman–Crippen MR) is 57.2 cm³/mol. The van der Waals surface area contributed by atoms with E-state index in [-0.39, 0.29) is 43.0 Å². The van der Waals surface area contributed by atoms with Crippen LogP contribution in [0.5, 0.6) is 0 Å². The number of carbonyl (C=O) groups excluding carboxylic acids is 4. The van der Waals surface area contributed by atoms with Gasteiger partial charge in [-0.25, -0.2) is 0 Å². The summed E-state index contributed by atoms with van der Waals surface area (Å²) in [6.07, 6.45) is 0. The quantitative estimate of drug-likeness (QED) is 0.348. The van der Waals surface area contributed by atoms with Crippen LogP contribution in [0.2, 0.25) is 0 Å². The van der Waals surface area contributed by atoms with E-state index in [1.165, 1.54) is 0 Å². The smallest absolute Gasteiger partial charge is 0.550 e. The van der Waals surface area contributed by atoms with Crippen molar-refractivity contribution in [2.24, 2.45) is 0 Å². The second kappa shape index (κ2) is 51.5. The molecule has 0 atom stereocenters. The molecule has 0 saturated heterocycles. The van der Waals surface area contributed by atoms with Gasteiger partial charge in [-0.05, 0) is 27.7 Å². The van der Waals surface area contributed by atoms with Crippen molar-refractivity contribution in [1.82, 2.24) is 0 Å². The molecule has 0 heterocycles. The van der Waals surface area contributed by atoms with Crippen LogP contribution in [0, 0.1) is 0 Å². The molecule has 0 bridgehead atoms. The first kappa shape index (κ1) is 60.7. The molecule has 0 aliphatic rings. The normalized spacial score (nSPS) is 4.76. The summed E-state index contributed by atoms with van der Waals surface area (Å²) >= 11 is 0. The Hall–Kier alpha value is -1.59. The summed E-state index contributed by atoms with van der Waals surface area (Å²) in [5.41, 5.74) is 0. The zero-order valence-electron chi connectivity index (χ0n) is 11.7. The van der Waals surface area contributed by atoms with Crippen LogP contribution in [0.25, 0.3) is 0 Å². The van der Waals surface area contributed by atoms with Gasteiger partial charge in [0.05, 0.1) is 0 Å². The van der Waals surface area contributed by atoms with Gasteiger partial charge < -0.3 is 61.5 Å². The van der Waals surface area contributed by atoms with Crippen LogP contribution in [0.3, 0.4) is 0 Å². The monoisotopic (exact) mass is 406 g/mol. The van der Waals surface area contributed by atoms with Gasteiger partial charge in [0.2, 0.25) is 0 Å². The van der Waals surface area contributed by atoms with Gasteiger partial charge in [-0.15, -0.1) is 0 Å². The molecule has 0 aromatic carbocycles. The van der Waals surface area contributed by atoms with Crippen molar-refractivity contribution in [1.29, 1.82) is 0 Å². The molecule has 0 aliphatic carbocycles. The minimum absolute atomic E-state index is 0. The Morgan fingerprint density at radius 3 is 0.476 bits per heavy atom. The Labute approximate surface area is 134 Å². The fourth-order valence-electron chi connectivity index (χ4n) is 0. The zero-order valence-corrected chi connectivity index (χ0v) is 13.7. The average molecular weight is 404 g/mol. The van der Waals surface area contributed by atoms with Crippen LogP contribution in [0.4, 0.5) is 0 Å². The second-order valence-corrected chi connectivity index (χ2v) is 1.97. The minimum atomic E-state index is -1.08. The van der Waals surface area contributed by atoms with Crippen LogP contribution in [-0.4, -0.2) is 45.8 Å². The summed E-state index contributed by atoms with van der Waals surface area (Å²) in [5.74, 6) is -4.33. The second-order valence-electron chi connectivity index (χ2n) is 1.97. The Balaban J connectivity index is -0.0000000121. The summed E-state index contributed by atoms with van der Waals surface area (Å²) in [4.78, 5) is 35.6. The first-order valence-corrected chi connectivity index (χ1v) is 3.63. The summed E-state index contributed by atoms with van der Waals surface area (Å²) in [6.45, 7) is 3.89. The van der Waals surface area contributed by atoms with Gasteiger partial charge in [0.15, 0.2) is 0 Å². The molecule has 0 aliphatic heterocycles. The fraction of sp³-hybridized carbons (Fsp3) is 0.500. The molecule has 21 heavy (non-hydrogen) atoms. The first-order valence-electron chi connectivity index (χ1n) is 3.63. The number of carbonyl (C=O) groups is 4. The molecular weight excluding hydrogens is 384 g/mol. The van der Waals surface area contributed by atoms with E-state index in [2.05, 4.69) is 0 Å². The van der Waals surface area contributed by atoms with Crippen LogP contribution < -0.4 is 20.4 Å². The summed E-state index contributed by atoms with van der Waals surface area (Å²) in [5, 5.41) is 35.6. The Morgan fingerprint density at radius 1 is 0.476 bits per heavy atom. The van der Waals surface area contributed by atoms with Crippen molar-refractivity contribution >= 4 is 23.9 Å². The third kappa shape index (κ3) is 1960. The van der Waals surface area contributed by atoms with Crippen LogP contribution in [0.1, 0.15) is 27.7 Å². The summed E-state index contributed by atoms with van der Waals surface area (Å²) in [6, 6.07) is 0. The molecule has 13 heteroatoms. The Morgan fingerprint density at radius 2 is 0.476 bits per heavy atom. The van der Waals surface area contributed by atoms with E-state index in [0.717, 1.165) is 27.7 Å². The standard InChI is InChI=1S/4C2H4O2.Mo.4H2O/c4*1-2(3)4;;;;;/h4*1H3,(H,3,4);;4*1H2/q;;;;+4;;;;/p-4. The number of carboxylic acid groups (broad SMARTS) is 4. The van der Waals surface area contributed by atoms with Crippen molar-refractivity contribution < 1.29 is 82.6 Å². The molecule has 0 saturated carbocycles. The van der Waals surface area contributed by atoms with E-state index in [4.69, 9.17) is 39.6 Å². The molecule has 0 unspecified atom stereocenters.